The van der Waals surface area contributed by atoms with Crippen molar-refractivity contribution < 1.29 is 4.79 Å². The van der Waals surface area contributed by atoms with Crippen LogP contribution in [-0.2, 0) is 4.79 Å². The molecule has 0 saturated heterocycles. The number of benzene rings is 1. The van der Waals surface area contributed by atoms with Crippen LogP contribution in [-0.4, -0.2) is 17.2 Å². The van der Waals surface area contributed by atoms with Gasteiger partial charge in [0.05, 0.1) is 10.4 Å². The quantitative estimate of drug-likeness (QED) is 0.500. The molecule has 5 heteroatoms. The summed E-state index contributed by atoms with van der Waals surface area (Å²) in [6.07, 6.45) is 7.86. The fourth-order valence-electron chi connectivity index (χ4n) is 2.87. The van der Waals surface area contributed by atoms with Crippen LogP contribution in [0.2, 0.25) is 0 Å². The molecule has 1 aromatic rings. The molecule has 0 aliphatic heterocycles. The van der Waals surface area contributed by atoms with E-state index in [1.807, 2.05) is 30.5 Å². The summed E-state index contributed by atoms with van der Waals surface area (Å²) in [6.45, 7) is 0. The molecule has 2 rings (SSSR count). The van der Waals surface area contributed by atoms with Crippen molar-refractivity contribution in [2.45, 2.75) is 43.4 Å². The number of nitrogens with two attached hydrogens (primary N) is 1. The first kappa shape index (κ1) is 16.3. The molecule has 3 N–H and O–H groups in total. The Morgan fingerprint density at radius 3 is 2.52 bits per heavy atom. The Morgan fingerprint density at radius 2 is 1.95 bits per heavy atom. The molecule has 0 heterocycles. The van der Waals surface area contributed by atoms with Crippen LogP contribution in [0.4, 0.5) is 5.69 Å². The summed E-state index contributed by atoms with van der Waals surface area (Å²) in [6, 6.07) is 7.85. The van der Waals surface area contributed by atoms with E-state index in [0.29, 0.717) is 4.99 Å². The number of hydrogen-bond donors (Lipinski definition) is 2. The van der Waals surface area contributed by atoms with E-state index in [1.54, 1.807) is 11.8 Å². The molecule has 0 radical (unpaired) electrons. The molecule has 1 saturated carbocycles. The van der Waals surface area contributed by atoms with Crippen LogP contribution in [0.15, 0.2) is 29.2 Å². The Hall–Kier alpha value is -1.07. The molecule has 0 atom stereocenters. The molecule has 0 bridgehead atoms. The van der Waals surface area contributed by atoms with Gasteiger partial charge in [0.25, 0.3) is 0 Å². The van der Waals surface area contributed by atoms with Crippen molar-refractivity contribution in [3.8, 4) is 0 Å². The number of rotatable bonds is 4. The van der Waals surface area contributed by atoms with E-state index in [-0.39, 0.29) is 5.91 Å². The van der Waals surface area contributed by atoms with E-state index in [9.17, 15) is 4.79 Å². The molecular formula is C16H22N2OS2. The third-order valence-electron chi connectivity index (χ3n) is 4.19. The summed E-state index contributed by atoms with van der Waals surface area (Å²) >= 11 is 6.89. The number of amides is 1. The van der Waals surface area contributed by atoms with Crippen LogP contribution in [0, 0.1) is 5.41 Å². The Labute approximate surface area is 136 Å². The van der Waals surface area contributed by atoms with Crippen LogP contribution in [0.3, 0.4) is 0 Å². The van der Waals surface area contributed by atoms with Gasteiger partial charge >= 0.3 is 0 Å². The van der Waals surface area contributed by atoms with Gasteiger partial charge in [-0.1, -0.05) is 44.0 Å². The Balaban J connectivity index is 2.20. The molecule has 1 amide bonds. The van der Waals surface area contributed by atoms with Crippen molar-refractivity contribution in [3.05, 3.63) is 24.3 Å². The molecule has 1 aromatic carbocycles. The Bertz CT molecular complexity index is 523. The smallest absolute Gasteiger partial charge is 0.237 e. The molecule has 21 heavy (non-hydrogen) atoms. The lowest BCUT2D eigenvalue weighted by Crippen LogP contribution is -2.45. The predicted octanol–water partition coefficient (Wildman–Crippen LogP) is 3.97. The van der Waals surface area contributed by atoms with Crippen LogP contribution < -0.4 is 11.1 Å². The van der Waals surface area contributed by atoms with E-state index in [1.165, 1.54) is 0 Å². The molecule has 114 valence electrons. The zero-order valence-corrected chi connectivity index (χ0v) is 14.0. The lowest BCUT2D eigenvalue weighted by Gasteiger charge is -2.30. The number of thioether (sulfide) groups is 1. The first-order valence-corrected chi connectivity index (χ1v) is 8.97. The van der Waals surface area contributed by atoms with Crippen LogP contribution in [0.5, 0.6) is 0 Å². The molecule has 0 aromatic heterocycles. The average molecular weight is 322 g/mol. The highest BCUT2D eigenvalue weighted by molar-refractivity contribution is 7.98. The van der Waals surface area contributed by atoms with Crippen LogP contribution in [0.25, 0.3) is 0 Å². The summed E-state index contributed by atoms with van der Waals surface area (Å²) in [7, 11) is 0. The van der Waals surface area contributed by atoms with Crippen molar-refractivity contribution in [1.82, 2.24) is 0 Å². The second-order valence-corrected chi connectivity index (χ2v) is 6.87. The summed E-state index contributed by atoms with van der Waals surface area (Å²) in [5, 5.41) is 3.02. The number of nitrogens with one attached hydrogen (secondary N) is 1. The fraction of sp³-hybridized carbons (Fsp3) is 0.500. The van der Waals surface area contributed by atoms with E-state index in [2.05, 4.69) is 5.32 Å². The van der Waals surface area contributed by atoms with E-state index >= 15 is 0 Å². The monoisotopic (exact) mass is 322 g/mol. The van der Waals surface area contributed by atoms with Gasteiger partial charge in [0.15, 0.2) is 0 Å². The largest absolute Gasteiger partial charge is 0.392 e. The number of carbonyl (C=O) groups is 1. The van der Waals surface area contributed by atoms with Crippen molar-refractivity contribution >= 4 is 40.6 Å². The summed E-state index contributed by atoms with van der Waals surface area (Å²) < 4.78 is 0. The van der Waals surface area contributed by atoms with Gasteiger partial charge in [-0.3, -0.25) is 4.79 Å². The minimum absolute atomic E-state index is 0.0462. The van der Waals surface area contributed by atoms with Crippen molar-refractivity contribution in [2.75, 3.05) is 11.6 Å². The predicted molar refractivity (Wildman–Crippen MR) is 93.8 cm³/mol. The van der Waals surface area contributed by atoms with Crippen molar-refractivity contribution in [3.63, 3.8) is 0 Å². The number of hydrogen-bond acceptors (Lipinski definition) is 3. The Kier molecular flexibility index (Phi) is 5.65. The van der Waals surface area contributed by atoms with Gasteiger partial charge in [0.1, 0.15) is 0 Å². The van der Waals surface area contributed by atoms with Gasteiger partial charge in [0.2, 0.25) is 5.91 Å². The third-order valence-corrected chi connectivity index (χ3v) is 5.31. The van der Waals surface area contributed by atoms with Gasteiger partial charge in [-0.15, -0.1) is 11.8 Å². The minimum Gasteiger partial charge on any atom is -0.392 e. The second kappa shape index (κ2) is 7.27. The molecule has 0 spiro atoms. The van der Waals surface area contributed by atoms with Gasteiger partial charge < -0.3 is 11.1 Å². The molecule has 0 unspecified atom stereocenters. The maximum absolute atomic E-state index is 12.8. The molecule has 1 aliphatic rings. The zero-order valence-electron chi connectivity index (χ0n) is 12.4. The normalized spacial score (nSPS) is 17.8. The summed E-state index contributed by atoms with van der Waals surface area (Å²) in [4.78, 5) is 14.3. The van der Waals surface area contributed by atoms with Crippen molar-refractivity contribution in [2.24, 2.45) is 11.1 Å². The topological polar surface area (TPSA) is 55.1 Å². The van der Waals surface area contributed by atoms with Gasteiger partial charge in [0, 0.05) is 10.6 Å². The highest BCUT2D eigenvalue weighted by atomic mass is 32.2. The van der Waals surface area contributed by atoms with Gasteiger partial charge in [-0.25, -0.2) is 0 Å². The van der Waals surface area contributed by atoms with Crippen LogP contribution >= 0.6 is 24.0 Å². The summed E-state index contributed by atoms with van der Waals surface area (Å²) in [5.74, 6) is -0.0462. The standard InChI is InChI=1S/C16H22N2OS2/c1-21-13-8-6-7-12(11-13)18-15(19)16(14(17)20)9-4-2-3-5-10-16/h6-8,11H,2-5,9-10H2,1H3,(H2,17,20)(H,18,19). The highest BCUT2D eigenvalue weighted by Crippen LogP contribution is 2.37. The van der Waals surface area contributed by atoms with Gasteiger partial charge in [-0.2, -0.15) is 0 Å². The molecule has 3 nitrogen and oxygen atoms in total. The average Bonchev–Trinajstić information content (AvgIpc) is 2.74. The maximum Gasteiger partial charge on any atom is 0.237 e. The fourth-order valence-corrected chi connectivity index (χ4v) is 3.63. The first-order valence-electron chi connectivity index (χ1n) is 7.34. The highest BCUT2D eigenvalue weighted by Gasteiger charge is 2.41. The lowest BCUT2D eigenvalue weighted by molar-refractivity contribution is -0.122. The zero-order chi connectivity index (χ0) is 15.3. The molecule has 1 aliphatic carbocycles. The Morgan fingerprint density at radius 1 is 1.29 bits per heavy atom. The molecular weight excluding hydrogens is 300 g/mol. The maximum atomic E-state index is 12.8. The van der Waals surface area contributed by atoms with Crippen LogP contribution in [0.1, 0.15) is 38.5 Å². The number of thiocarbonyl (C=S) groups is 1. The van der Waals surface area contributed by atoms with E-state index < -0.39 is 5.41 Å². The van der Waals surface area contributed by atoms with Crippen molar-refractivity contribution in [1.29, 1.82) is 0 Å². The third kappa shape index (κ3) is 3.77. The number of carbonyl (C=O) groups excluding carboxylic acids is 1. The SMILES string of the molecule is CSc1cccc(NC(=O)C2(C(N)=S)CCCCCC2)c1. The van der Waals surface area contributed by atoms with E-state index in [0.717, 1.165) is 49.1 Å². The van der Waals surface area contributed by atoms with E-state index in [4.69, 9.17) is 18.0 Å². The number of anilines is 1. The molecule has 1 fully saturated rings. The second-order valence-electron chi connectivity index (χ2n) is 5.55. The van der Waals surface area contributed by atoms with Gasteiger partial charge in [-0.05, 0) is 37.3 Å². The summed E-state index contributed by atoms with van der Waals surface area (Å²) in [5.41, 5.74) is 6.08. The first-order chi connectivity index (χ1) is 10.1. The minimum atomic E-state index is -0.679. The lowest BCUT2D eigenvalue weighted by atomic mass is 9.79.